The van der Waals surface area contributed by atoms with Gasteiger partial charge in [-0.1, -0.05) is 48.0 Å². The van der Waals surface area contributed by atoms with Gasteiger partial charge in [0.05, 0.1) is 0 Å². The molecule has 0 heterocycles. The van der Waals surface area contributed by atoms with Crippen molar-refractivity contribution in [3.05, 3.63) is 70.2 Å². The van der Waals surface area contributed by atoms with Gasteiger partial charge in [0.25, 0.3) is 0 Å². The molecule has 1 unspecified atom stereocenters. The molecule has 96 valence electrons. The first kappa shape index (κ1) is 12.4. The predicted octanol–water partition coefficient (Wildman–Crippen LogP) is 4.64. The Kier molecular flexibility index (Phi) is 3.39. The minimum Gasteiger partial charge on any atom is -0.293 e. The molecule has 0 saturated carbocycles. The van der Waals surface area contributed by atoms with Gasteiger partial charge in [-0.2, -0.15) is 0 Å². The Hall–Kier alpha value is -1.60. The second-order valence-electron chi connectivity index (χ2n) is 5.02. The zero-order valence-corrected chi connectivity index (χ0v) is 11.4. The predicted molar refractivity (Wildman–Crippen MR) is 77.9 cm³/mol. The zero-order valence-electron chi connectivity index (χ0n) is 10.6. The molecule has 1 atom stereocenters. The lowest BCUT2D eigenvalue weighted by atomic mass is 9.89. The van der Waals surface area contributed by atoms with E-state index in [0.717, 1.165) is 30.4 Å². The lowest BCUT2D eigenvalue weighted by molar-refractivity contribution is 0.0957. The van der Waals surface area contributed by atoms with E-state index >= 15 is 0 Å². The summed E-state index contributed by atoms with van der Waals surface area (Å²) in [6, 6.07) is 15.6. The van der Waals surface area contributed by atoms with E-state index in [2.05, 4.69) is 6.07 Å². The maximum Gasteiger partial charge on any atom is 0.170 e. The van der Waals surface area contributed by atoms with Gasteiger partial charge in [0.1, 0.15) is 0 Å². The normalized spacial score (nSPS) is 18.8. The van der Waals surface area contributed by atoms with Crippen molar-refractivity contribution in [3.63, 3.8) is 0 Å². The number of fused-ring (bicyclic) bond motifs is 1. The summed E-state index contributed by atoms with van der Waals surface area (Å²) in [6.07, 6.45) is 2.96. The third-order valence-electron chi connectivity index (χ3n) is 3.81. The topological polar surface area (TPSA) is 17.1 Å². The molecule has 0 N–H and O–H groups in total. The van der Waals surface area contributed by atoms with Crippen LogP contribution in [0.4, 0.5) is 0 Å². The fourth-order valence-electron chi connectivity index (χ4n) is 2.81. The van der Waals surface area contributed by atoms with Crippen LogP contribution in [0.1, 0.15) is 40.2 Å². The number of Topliss-reactive ketones (excluding diaryl/α,β-unsaturated/α-hetero) is 1. The molecular formula is C17H15ClO. The molecule has 2 aromatic carbocycles. The van der Waals surface area contributed by atoms with Crippen molar-refractivity contribution in [2.75, 3.05) is 0 Å². The minimum absolute atomic E-state index is 0.0269. The maximum absolute atomic E-state index is 12.7. The van der Waals surface area contributed by atoms with E-state index in [1.54, 1.807) is 0 Å². The van der Waals surface area contributed by atoms with Crippen LogP contribution >= 0.6 is 11.6 Å². The van der Waals surface area contributed by atoms with Crippen molar-refractivity contribution in [1.29, 1.82) is 0 Å². The van der Waals surface area contributed by atoms with Crippen LogP contribution in [0.25, 0.3) is 0 Å². The first-order valence-corrected chi connectivity index (χ1v) is 7.01. The van der Waals surface area contributed by atoms with E-state index in [4.69, 9.17) is 11.6 Å². The number of ketones is 1. The van der Waals surface area contributed by atoms with Gasteiger partial charge in [0.2, 0.25) is 0 Å². The molecular weight excluding hydrogens is 256 g/mol. The Bertz CT molecular complexity index is 601. The number of carbonyl (C=O) groups is 1. The van der Waals surface area contributed by atoms with Gasteiger partial charge in [-0.3, -0.25) is 4.79 Å². The van der Waals surface area contributed by atoms with Crippen LogP contribution in [0.3, 0.4) is 0 Å². The highest BCUT2D eigenvalue weighted by atomic mass is 35.5. The van der Waals surface area contributed by atoms with Crippen LogP contribution in [-0.2, 0) is 6.42 Å². The van der Waals surface area contributed by atoms with Gasteiger partial charge in [0, 0.05) is 16.5 Å². The highest BCUT2D eigenvalue weighted by Crippen LogP contribution is 2.32. The van der Waals surface area contributed by atoms with E-state index in [1.807, 2.05) is 42.5 Å². The molecule has 3 rings (SSSR count). The Labute approximate surface area is 118 Å². The molecule has 0 radical (unpaired) electrons. The van der Waals surface area contributed by atoms with Crippen molar-refractivity contribution in [1.82, 2.24) is 0 Å². The summed E-state index contributed by atoms with van der Waals surface area (Å²) < 4.78 is 0. The van der Waals surface area contributed by atoms with E-state index < -0.39 is 0 Å². The average molecular weight is 271 g/mol. The summed E-state index contributed by atoms with van der Waals surface area (Å²) in [5.74, 6) is 0.219. The minimum atomic E-state index is -0.0269. The number of halogens is 1. The number of rotatable bonds is 1. The van der Waals surface area contributed by atoms with Gasteiger partial charge in [-0.05, 0) is 42.5 Å². The van der Waals surface area contributed by atoms with Crippen LogP contribution in [0.5, 0.6) is 0 Å². The molecule has 1 aliphatic rings. The lowest BCUT2D eigenvalue weighted by Crippen LogP contribution is -2.12. The Morgan fingerprint density at radius 3 is 2.53 bits per heavy atom. The summed E-state index contributed by atoms with van der Waals surface area (Å²) in [4.78, 5) is 12.7. The molecule has 19 heavy (non-hydrogen) atoms. The Morgan fingerprint density at radius 2 is 1.74 bits per heavy atom. The molecule has 2 heteroatoms. The molecule has 1 aliphatic carbocycles. The number of carbonyl (C=O) groups excluding carboxylic acids is 1. The van der Waals surface area contributed by atoms with Crippen LogP contribution in [0.15, 0.2) is 48.5 Å². The van der Waals surface area contributed by atoms with Crippen LogP contribution in [0.2, 0.25) is 5.02 Å². The van der Waals surface area contributed by atoms with Crippen LogP contribution < -0.4 is 0 Å². The lowest BCUT2D eigenvalue weighted by Gasteiger charge is -2.14. The molecule has 0 aromatic heterocycles. The molecule has 0 aliphatic heterocycles. The molecule has 1 nitrogen and oxygen atoms in total. The number of benzene rings is 2. The summed E-state index contributed by atoms with van der Waals surface area (Å²) >= 11 is 5.92. The first-order chi connectivity index (χ1) is 9.25. The zero-order chi connectivity index (χ0) is 13.2. The SMILES string of the molecule is O=C1c2ccccc2CCCC1c1ccc(Cl)cc1. The highest BCUT2D eigenvalue weighted by Gasteiger charge is 2.26. The van der Waals surface area contributed by atoms with Gasteiger partial charge in [-0.25, -0.2) is 0 Å². The van der Waals surface area contributed by atoms with Crippen LogP contribution in [-0.4, -0.2) is 5.78 Å². The largest absolute Gasteiger partial charge is 0.293 e. The summed E-state index contributed by atoms with van der Waals surface area (Å²) in [5, 5.41) is 0.713. The van der Waals surface area contributed by atoms with Crippen molar-refractivity contribution in [2.24, 2.45) is 0 Å². The quantitative estimate of drug-likeness (QED) is 0.690. The molecule has 2 aromatic rings. The number of hydrogen-bond acceptors (Lipinski definition) is 1. The third kappa shape index (κ3) is 2.43. The van der Waals surface area contributed by atoms with Crippen molar-refractivity contribution in [2.45, 2.75) is 25.2 Å². The summed E-state index contributed by atoms with van der Waals surface area (Å²) in [5.41, 5.74) is 3.15. The monoisotopic (exact) mass is 270 g/mol. The van der Waals surface area contributed by atoms with Gasteiger partial charge in [0.15, 0.2) is 5.78 Å². The first-order valence-electron chi connectivity index (χ1n) is 6.63. The van der Waals surface area contributed by atoms with Crippen LogP contribution in [0, 0.1) is 0 Å². The fraction of sp³-hybridized carbons (Fsp3) is 0.235. The standard InChI is InChI=1S/C17H15ClO/c18-14-10-8-13(9-11-14)16-7-3-5-12-4-1-2-6-15(12)17(16)19/h1-2,4,6,8-11,16H,3,5,7H2. The molecule has 0 bridgehead atoms. The summed E-state index contributed by atoms with van der Waals surface area (Å²) in [7, 11) is 0. The second-order valence-corrected chi connectivity index (χ2v) is 5.45. The van der Waals surface area contributed by atoms with Crippen molar-refractivity contribution < 1.29 is 4.79 Å². The Balaban J connectivity index is 2.00. The van der Waals surface area contributed by atoms with Crippen molar-refractivity contribution in [3.8, 4) is 0 Å². The average Bonchev–Trinajstić information content (AvgIpc) is 2.60. The van der Waals surface area contributed by atoms with Gasteiger partial charge >= 0.3 is 0 Å². The maximum atomic E-state index is 12.7. The van der Waals surface area contributed by atoms with E-state index in [1.165, 1.54) is 5.56 Å². The number of hydrogen-bond donors (Lipinski definition) is 0. The van der Waals surface area contributed by atoms with E-state index in [0.29, 0.717) is 5.02 Å². The fourth-order valence-corrected chi connectivity index (χ4v) is 2.93. The van der Waals surface area contributed by atoms with Gasteiger partial charge in [-0.15, -0.1) is 0 Å². The Morgan fingerprint density at radius 1 is 1.00 bits per heavy atom. The van der Waals surface area contributed by atoms with Gasteiger partial charge < -0.3 is 0 Å². The molecule has 0 spiro atoms. The molecule has 0 fully saturated rings. The van der Waals surface area contributed by atoms with Crippen molar-refractivity contribution >= 4 is 17.4 Å². The van der Waals surface area contributed by atoms with E-state index in [9.17, 15) is 4.79 Å². The highest BCUT2D eigenvalue weighted by molar-refractivity contribution is 6.30. The molecule has 0 amide bonds. The summed E-state index contributed by atoms with van der Waals surface area (Å²) in [6.45, 7) is 0. The smallest absolute Gasteiger partial charge is 0.170 e. The third-order valence-corrected chi connectivity index (χ3v) is 4.06. The molecule has 0 saturated heterocycles. The second kappa shape index (κ2) is 5.18. The number of aryl methyl sites for hydroxylation is 1. The van der Waals surface area contributed by atoms with E-state index in [-0.39, 0.29) is 11.7 Å².